The highest BCUT2D eigenvalue weighted by Crippen LogP contribution is 2.06. The van der Waals surface area contributed by atoms with Crippen molar-refractivity contribution in [3.8, 4) is 0 Å². The van der Waals surface area contributed by atoms with E-state index in [-0.39, 0.29) is 12.7 Å². The second kappa shape index (κ2) is 4.01. The van der Waals surface area contributed by atoms with Crippen LogP contribution in [0, 0.1) is 13.8 Å². The van der Waals surface area contributed by atoms with Gasteiger partial charge in [0.1, 0.15) is 5.65 Å². The molecular weight excluding hydrogens is 220 g/mol. The first-order valence-corrected chi connectivity index (χ1v) is 5.12. The molecule has 0 unspecified atom stereocenters. The largest absolute Gasteiger partial charge is 0.464 e. The number of nitrogens with zero attached hydrogens (tertiary/aromatic N) is 2. The highest BCUT2D eigenvalue weighted by atomic mass is 16.5. The van der Waals surface area contributed by atoms with E-state index in [2.05, 4.69) is 9.72 Å². The summed E-state index contributed by atoms with van der Waals surface area (Å²) in [5.41, 5.74) is 1.50. The van der Waals surface area contributed by atoms with Gasteiger partial charge < -0.3 is 4.74 Å². The number of hydrogen-bond acceptors (Lipinski definition) is 4. The molecule has 0 fully saturated rings. The number of methoxy groups -OCH3 is 1. The summed E-state index contributed by atoms with van der Waals surface area (Å²) in [6.07, 6.45) is 1.69. The Bertz CT molecular complexity index is 671. The van der Waals surface area contributed by atoms with Crippen LogP contribution in [-0.4, -0.2) is 22.5 Å². The molecule has 2 aromatic heterocycles. The van der Waals surface area contributed by atoms with Crippen LogP contribution in [0.15, 0.2) is 23.1 Å². The first-order chi connectivity index (χ1) is 9.04. The molecule has 0 spiro atoms. The molecule has 0 aliphatic heterocycles. The van der Waals surface area contributed by atoms with E-state index >= 15 is 0 Å². The first kappa shape index (κ1) is 10.0. The lowest BCUT2D eigenvalue weighted by Gasteiger charge is -2.06. The van der Waals surface area contributed by atoms with Gasteiger partial charge in [-0.1, -0.05) is 6.07 Å². The van der Waals surface area contributed by atoms with Crippen LogP contribution >= 0.6 is 0 Å². The fourth-order valence-corrected chi connectivity index (χ4v) is 1.63. The van der Waals surface area contributed by atoms with Crippen LogP contribution in [0.4, 0.5) is 0 Å². The van der Waals surface area contributed by atoms with E-state index in [1.807, 2.05) is 13.0 Å². The molecule has 2 aromatic rings. The molecule has 92 valence electrons. The summed E-state index contributed by atoms with van der Waals surface area (Å²) in [7, 11) is 1.26. The average molecular weight is 239 g/mol. The molecule has 0 bridgehead atoms. The predicted octanol–water partition coefficient (Wildman–Crippen LogP) is 1.59. The summed E-state index contributed by atoms with van der Waals surface area (Å²) in [6, 6.07) is 3.53. The van der Waals surface area contributed by atoms with E-state index in [1.54, 1.807) is 19.2 Å². The molecule has 0 aromatic carbocycles. The van der Waals surface area contributed by atoms with Gasteiger partial charge in [-0.15, -0.1) is 0 Å². The molecule has 2 rings (SSSR count). The van der Waals surface area contributed by atoms with Crippen molar-refractivity contribution >= 4 is 11.6 Å². The van der Waals surface area contributed by atoms with E-state index in [0.717, 1.165) is 5.56 Å². The summed E-state index contributed by atoms with van der Waals surface area (Å²) in [5.74, 6) is -0.595. The molecule has 2 heterocycles. The van der Waals surface area contributed by atoms with E-state index in [0.29, 0.717) is 11.2 Å². The molecule has 5 heteroatoms. The van der Waals surface area contributed by atoms with Crippen LogP contribution in [0.25, 0.3) is 5.65 Å². The minimum Gasteiger partial charge on any atom is -0.464 e. The Morgan fingerprint density at radius 3 is 2.82 bits per heavy atom. The summed E-state index contributed by atoms with van der Waals surface area (Å²) in [4.78, 5) is 27.6. The fraction of sp³-hybridized carbons (Fsp3) is 0.250. The highest BCUT2D eigenvalue weighted by molar-refractivity contribution is 5.89. The number of aryl methyl sites for hydroxylation is 1. The number of fused-ring (bicyclic) bond motifs is 1. The molecule has 0 aliphatic carbocycles. The van der Waals surface area contributed by atoms with Crippen molar-refractivity contribution in [3.63, 3.8) is 0 Å². The van der Waals surface area contributed by atoms with Crippen LogP contribution < -0.4 is 5.56 Å². The summed E-state index contributed by atoms with van der Waals surface area (Å²) >= 11 is 0. The van der Waals surface area contributed by atoms with Crippen molar-refractivity contribution in [2.75, 3.05) is 7.11 Å². The van der Waals surface area contributed by atoms with E-state index in [9.17, 15) is 9.59 Å². The highest BCUT2D eigenvalue weighted by Gasteiger charge is 2.15. The van der Waals surface area contributed by atoms with Crippen LogP contribution in [0.3, 0.4) is 0 Å². The molecule has 0 atom stereocenters. The number of carbonyl (C=O) groups excluding carboxylic acids is 1. The van der Waals surface area contributed by atoms with Gasteiger partial charge >= 0.3 is 5.97 Å². The van der Waals surface area contributed by atoms with Crippen molar-refractivity contribution in [1.82, 2.24) is 9.38 Å². The zero-order chi connectivity index (χ0) is 14.6. The first-order valence-electron chi connectivity index (χ1n) is 6.12. The maximum Gasteiger partial charge on any atom is 0.357 e. The minimum absolute atomic E-state index is 0. The molecule has 0 saturated heterocycles. The van der Waals surface area contributed by atoms with E-state index in [1.165, 1.54) is 11.5 Å². The van der Waals surface area contributed by atoms with Gasteiger partial charge in [-0.3, -0.25) is 9.20 Å². The maximum atomic E-state index is 12.0. The predicted molar refractivity (Wildman–Crippen MR) is 66.5 cm³/mol. The number of esters is 1. The smallest absolute Gasteiger partial charge is 0.357 e. The van der Waals surface area contributed by atoms with Gasteiger partial charge in [0.05, 0.1) is 7.11 Å². The summed E-state index contributed by atoms with van der Waals surface area (Å²) in [6.45, 7) is 3.45. The summed E-state index contributed by atoms with van der Waals surface area (Å²) < 4.78 is 16.0. The van der Waals surface area contributed by atoms with Crippen LogP contribution in [0.1, 0.15) is 26.0 Å². The van der Waals surface area contributed by atoms with Crippen LogP contribution in [0.5, 0.6) is 0 Å². The van der Waals surface area contributed by atoms with Crippen LogP contribution in [0.2, 0.25) is 0 Å². The molecule has 17 heavy (non-hydrogen) atoms. The van der Waals surface area contributed by atoms with E-state index < -0.39 is 5.97 Å². The molecule has 0 N–H and O–H groups in total. The Morgan fingerprint density at radius 1 is 1.47 bits per heavy atom. The third-order valence-corrected chi connectivity index (χ3v) is 2.57. The monoisotopic (exact) mass is 239 g/mol. The molecule has 0 saturated carbocycles. The second-order valence-electron chi connectivity index (χ2n) is 3.82. The van der Waals surface area contributed by atoms with Crippen molar-refractivity contribution in [2.45, 2.75) is 13.8 Å². The Hall–Kier alpha value is -2.17. The van der Waals surface area contributed by atoms with Gasteiger partial charge in [0.2, 0.25) is 0 Å². The molecule has 0 amide bonds. The second-order valence-corrected chi connectivity index (χ2v) is 3.82. The van der Waals surface area contributed by atoms with Crippen molar-refractivity contribution < 1.29 is 13.9 Å². The van der Waals surface area contributed by atoms with Crippen molar-refractivity contribution in [1.29, 1.82) is 0 Å². The summed E-state index contributed by atoms with van der Waals surface area (Å²) in [5, 5.41) is 0. The van der Waals surface area contributed by atoms with Crippen molar-refractivity contribution in [3.05, 3.63) is 45.5 Å². The topological polar surface area (TPSA) is 60.7 Å². The van der Waals surface area contributed by atoms with Gasteiger partial charge in [-0.25, -0.2) is 9.78 Å². The number of ether oxygens (including phenoxy) is 1. The SMILES string of the molecule is COC(=O)c1nc2ccc(C)cn2c(=O)c1C.[2HH].[2H][2H]. The zero-order valence-corrected chi connectivity index (χ0v) is 9.85. The van der Waals surface area contributed by atoms with E-state index in [4.69, 9.17) is 2.97 Å². The number of rotatable bonds is 1. The molecule has 5 nitrogen and oxygen atoms in total. The number of carbonyl (C=O) groups is 1. The Balaban J connectivity index is 0.00000115. The fourth-order valence-electron chi connectivity index (χ4n) is 1.63. The quantitative estimate of drug-likeness (QED) is 0.709. The normalized spacial score (nSPS) is 11.0. The van der Waals surface area contributed by atoms with Crippen molar-refractivity contribution in [2.24, 2.45) is 0 Å². The van der Waals surface area contributed by atoms with Gasteiger partial charge in [-0.2, -0.15) is 0 Å². The Morgan fingerprint density at radius 2 is 2.18 bits per heavy atom. The zero-order valence-electron chi connectivity index (χ0n) is 11.9. The lowest BCUT2D eigenvalue weighted by molar-refractivity contribution is 0.0593. The van der Waals surface area contributed by atoms with Gasteiger partial charge in [-0.05, 0) is 25.5 Å². The number of aromatic nitrogens is 2. The number of pyridine rings is 1. The average Bonchev–Trinajstić information content (AvgIpc) is 2.44. The van der Waals surface area contributed by atoms with Gasteiger partial charge in [0.25, 0.3) is 5.56 Å². The van der Waals surface area contributed by atoms with Gasteiger partial charge in [0, 0.05) is 16.2 Å². The standard InChI is InChI=1S/C12H12N2O3.2H2/c1-7-4-5-9-13-10(12(16)17-3)8(2)11(15)14(9)6-7;;/h4-6H,1-3H3;2*1H/i;1+1D;1+1. The minimum atomic E-state index is -0.595. The third kappa shape index (κ3) is 1.80. The lowest BCUT2D eigenvalue weighted by Crippen LogP contribution is -2.23. The Kier molecular flexibility index (Phi) is 2.36. The molecule has 0 radical (unpaired) electrons. The Labute approximate surface area is 102 Å². The van der Waals surface area contributed by atoms with Crippen LogP contribution in [-0.2, 0) is 4.74 Å². The number of hydrogen-bond donors (Lipinski definition) is 0. The molecular formula is C12H16N2O3. The lowest BCUT2D eigenvalue weighted by atomic mass is 10.2. The third-order valence-electron chi connectivity index (χ3n) is 2.57. The van der Waals surface area contributed by atoms with Gasteiger partial charge in [0.15, 0.2) is 5.69 Å². The molecule has 0 aliphatic rings. The maximum absolute atomic E-state index is 12.0.